The molecule has 4 rings (SSSR count). The molecule has 5 heteroatoms. The molecule has 5 nitrogen and oxygen atoms in total. The number of anilines is 1. The smallest absolute Gasteiger partial charge is 0.253 e. The zero-order valence-corrected chi connectivity index (χ0v) is 17.5. The van der Waals surface area contributed by atoms with Gasteiger partial charge in [-0.25, -0.2) is 0 Å². The van der Waals surface area contributed by atoms with Crippen molar-refractivity contribution in [3.05, 3.63) is 101 Å². The standard InChI is InChI=1S/C26H27N3O2/c30-25(19-29-17-15-21-10-4-5-11-22(21)18-29)28-24-13-7-6-12-23(24)26(31)27-16-14-20-8-2-1-3-9-20/h1-13H,14-19H2,(H,27,31)(H,28,30). The monoisotopic (exact) mass is 413 g/mol. The third-order valence-corrected chi connectivity index (χ3v) is 5.56. The number of rotatable bonds is 7. The van der Waals surface area contributed by atoms with Crippen molar-refractivity contribution in [1.29, 1.82) is 0 Å². The van der Waals surface area contributed by atoms with Gasteiger partial charge < -0.3 is 10.6 Å². The molecule has 0 saturated heterocycles. The average molecular weight is 414 g/mol. The fourth-order valence-corrected chi connectivity index (χ4v) is 3.93. The Balaban J connectivity index is 1.32. The molecule has 0 bridgehead atoms. The quantitative estimate of drug-likeness (QED) is 0.622. The SMILES string of the molecule is O=C(CN1CCc2ccccc2C1)Nc1ccccc1C(=O)NCCc1ccccc1. The molecule has 0 radical (unpaired) electrons. The molecule has 0 unspecified atom stereocenters. The summed E-state index contributed by atoms with van der Waals surface area (Å²) in [6.07, 6.45) is 1.71. The molecule has 0 saturated carbocycles. The Kier molecular flexibility index (Phi) is 6.75. The van der Waals surface area contributed by atoms with Crippen LogP contribution in [0.25, 0.3) is 0 Å². The van der Waals surface area contributed by atoms with Crippen LogP contribution in [0.1, 0.15) is 27.0 Å². The maximum absolute atomic E-state index is 12.7. The van der Waals surface area contributed by atoms with Crippen LogP contribution in [0.4, 0.5) is 5.69 Å². The molecular formula is C26H27N3O2. The first-order chi connectivity index (χ1) is 15.2. The van der Waals surface area contributed by atoms with Crippen molar-refractivity contribution in [2.75, 3.05) is 25.0 Å². The molecule has 3 aromatic rings. The molecule has 2 N–H and O–H groups in total. The third-order valence-electron chi connectivity index (χ3n) is 5.56. The van der Waals surface area contributed by atoms with Gasteiger partial charge in [0.05, 0.1) is 17.8 Å². The van der Waals surface area contributed by atoms with Crippen molar-refractivity contribution in [3.8, 4) is 0 Å². The zero-order chi connectivity index (χ0) is 21.5. The summed E-state index contributed by atoms with van der Waals surface area (Å²) in [4.78, 5) is 27.5. The molecule has 2 amide bonds. The summed E-state index contributed by atoms with van der Waals surface area (Å²) in [5.41, 5.74) is 4.83. The van der Waals surface area contributed by atoms with E-state index in [2.05, 4.69) is 33.7 Å². The molecule has 0 spiro atoms. The van der Waals surface area contributed by atoms with Crippen LogP contribution in [0.15, 0.2) is 78.9 Å². The molecule has 3 aromatic carbocycles. The van der Waals surface area contributed by atoms with Crippen molar-refractivity contribution in [2.24, 2.45) is 0 Å². The average Bonchev–Trinajstić information content (AvgIpc) is 2.80. The molecule has 0 fully saturated rings. The number of fused-ring (bicyclic) bond motifs is 1. The van der Waals surface area contributed by atoms with Crippen LogP contribution in [0.2, 0.25) is 0 Å². The van der Waals surface area contributed by atoms with E-state index in [1.807, 2.05) is 48.5 Å². The third kappa shape index (κ3) is 5.58. The predicted molar refractivity (Wildman–Crippen MR) is 123 cm³/mol. The van der Waals surface area contributed by atoms with E-state index in [0.29, 0.717) is 24.3 Å². The summed E-state index contributed by atoms with van der Waals surface area (Å²) < 4.78 is 0. The van der Waals surface area contributed by atoms with E-state index in [4.69, 9.17) is 0 Å². The van der Waals surface area contributed by atoms with E-state index in [1.165, 1.54) is 16.7 Å². The van der Waals surface area contributed by atoms with Crippen molar-refractivity contribution >= 4 is 17.5 Å². The summed E-state index contributed by atoms with van der Waals surface area (Å²) >= 11 is 0. The lowest BCUT2D eigenvalue weighted by atomic mass is 10.00. The van der Waals surface area contributed by atoms with Crippen LogP contribution in [0.3, 0.4) is 0 Å². The molecular weight excluding hydrogens is 386 g/mol. The summed E-state index contributed by atoms with van der Waals surface area (Å²) in [6.45, 7) is 2.47. The minimum Gasteiger partial charge on any atom is -0.352 e. The number of para-hydroxylation sites is 1. The van der Waals surface area contributed by atoms with Gasteiger partial charge in [0.25, 0.3) is 5.91 Å². The summed E-state index contributed by atoms with van der Waals surface area (Å²) in [5, 5.41) is 5.88. The van der Waals surface area contributed by atoms with Gasteiger partial charge in [-0.3, -0.25) is 14.5 Å². The summed E-state index contributed by atoms with van der Waals surface area (Å²) in [5.74, 6) is -0.289. The van der Waals surface area contributed by atoms with Crippen LogP contribution >= 0.6 is 0 Å². The molecule has 0 aromatic heterocycles. The minimum atomic E-state index is -0.182. The lowest BCUT2D eigenvalue weighted by Gasteiger charge is -2.28. The number of benzene rings is 3. The fourth-order valence-electron chi connectivity index (χ4n) is 3.93. The van der Waals surface area contributed by atoms with Gasteiger partial charge in [-0.15, -0.1) is 0 Å². The first kappa shape index (κ1) is 20.8. The Bertz CT molecular complexity index is 1050. The van der Waals surface area contributed by atoms with Crippen molar-refractivity contribution < 1.29 is 9.59 Å². The van der Waals surface area contributed by atoms with Gasteiger partial charge in [-0.1, -0.05) is 66.7 Å². The van der Waals surface area contributed by atoms with Crippen LogP contribution < -0.4 is 10.6 Å². The van der Waals surface area contributed by atoms with Crippen LogP contribution in [-0.2, 0) is 24.2 Å². The maximum atomic E-state index is 12.7. The van der Waals surface area contributed by atoms with Gasteiger partial charge in [-0.2, -0.15) is 0 Å². The van der Waals surface area contributed by atoms with E-state index in [9.17, 15) is 9.59 Å². The molecule has 0 aliphatic carbocycles. The van der Waals surface area contributed by atoms with Crippen LogP contribution in [0.5, 0.6) is 0 Å². The Morgan fingerprint density at radius 3 is 2.39 bits per heavy atom. The largest absolute Gasteiger partial charge is 0.352 e. The second-order valence-electron chi connectivity index (χ2n) is 7.81. The minimum absolute atomic E-state index is 0.107. The van der Waals surface area contributed by atoms with E-state index in [0.717, 1.165) is 25.9 Å². The Morgan fingerprint density at radius 1 is 0.839 bits per heavy atom. The van der Waals surface area contributed by atoms with E-state index < -0.39 is 0 Å². The highest BCUT2D eigenvalue weighted by Gasteiger charge is 2.19. The second kappa shape index (κ2) is 10.0. The predicted octanol–water partition coefficient (Wildman–Crippen LogP) is 3.66. The van der Waals surface area contributed by atoms with Crippen LogP contribution in [0, 0.1) is 0 Å². The highest BCUT2D eigenvalue weighted by atomic mass is 16.2. The topological polar surface area (TPSA) is 61.4 Å². The summed E-state index contributed by atoms with van der Waals surface area (Å²) in [6, 6.07) is 25.6. The number of nitrogens with one attached hydrogen (secondary N) is 2. The van der Waals surface area contributed by atoms with Gasteiger partial charge in [0, 0.05) is 19.6 Å². The second-order valence-corrected chi connectivity index (χ2v) is 7.81. The van der Waals surface area contributed by atoms with Crippen molar-refractivity contribution in [2.45, 2.75) is 19.4 Å². The number of amides is 2. The van der Waals surface area contributed by atoms with Gasteiger partial charge >= 0.3 is 0 Å². The highest BCUT2D eigenvalue weighted by Crippen LogP contribution is 2.19. The van der Waals surface area contributed by atoms with Crippen molar-refractivity contribution in [1.82, 2.24) is 10.2 Å². The molecule has 1 heterocycles. The normalized spacial score (nSPS) is 13.3. The number of hydrogen-bond acceptors (Lipinski definition) is 3. The van der Waals surface area contributed by atoms with Crippen LogP contribution in [-0.4, -0.2) is 36.3 Å². The Labute approximate surface area is 183 Å². The molecule has 1 aliphatic rings. The molecule has 1 aliphatic heterocycles. The lowest BCUT2D eigenvalue weighted by molar-refractivity contribution is -0.117. The van der Waals surface area contributed by atoms with E-state index in [1.54, 1.807) is 12.1 Å². The Hall–Kier alpha value is -3.44. The first-order valence-electron chi connectivity index (χ1n) is 10.7. The zero-order valence-electron chi connectivity index (χ0n) is 17.5. The van der Waals surface area contributed by atoms with Gasteiger partial charge in [0.2, 0.25) is 5.91 Å². The number of carbonyl (C=O) groups excluding carboxylic acids is 2. The maximum Gasteiger partial charge on any atom is 0.253 e. The van der Waals surface area contributed by atoms with E-state index in [-0.39, 0.29) is 11.8 Å². The number of carbonyl (C=O) groups is 2. The van der Waals surface area contributed by atoms with Gasteiger partial charge in [0.1, 0.15) is 0 Å². The van der Waals surface area contributed by atoms with Crippen molar-refractivity contribution in [3.63, 3.8) is 0 Å². The molecule has 31 heavy (non-hydrogen) atoms. The lowest BCUT2D eigenvalue weighted by Crippen LogP contribution is -2.37. The summed E-state index contributed by atoms with van der Waals surface area (Å²) in [7, 11) is 0. The first-order valence-corrected chi connectivity index (χ1v) is 10.7. The Morgan fingerprint density at radius 2 is 1.55 bits per heavy atom. The molecule has 158 valence electrons. The van der Waals surface area contributed by atoms with E-state index >= 15 is 0 Å². The molecule has 0 atom stereocenters. The fraction of sp³-hybridized carbons (Fsp3) is 0.231. The van der Waals surface area contributed by atoms with Gasteiger partial charge in [0.15, 0.2) is 0 Å². The number of nitrogens with zero attached hydrogens (tertiary/aromatic N) is 1. The number of hydrogen-bond donors (Lipinski definition) is 2. The highest BCUT2D eigenvalue weighted by molar-refractivity contribution is 6.04. The van der Waals surface area contributed by atoms with Gasteiger partial charge in [-0.05, 0) is 41.7 Å².